The Bertz CT molecular complexity index is 572. The number of aliphatic hydroxyl groups excluding tert-OH is 1. The lowest BCUT2D eigenvalue weighted by Gasteiger charge is -2.20. The highest BCUT2D eigenvalue weighted by Gasteiger charge is 2.45. The highest BCUT2D eigenvalue weighted by Crippen LogP contribution is 2.40. The van der Waals surface area contributed by atoms with E-state index in [-0.39, 0.29) is 24.5 Å². The van der Waals surface area contributed by atoms with Gasteiger partial charge < -0.3 is 20.5 Å². The number of amides is 2. The summed E-state index contributed by atoms with van der Waals surface area (Å²) in [6.45, 7) is 1.27. The standard InChI is InChI=1S/C16H20N2O4/c17-16(21)22-14-6-5-12-7-18(8-13(12)14)15(20)11-3-1-10(9-19)2-4-11/h1-4,12-14,19H,5-9H2,(H2,17,21). The van der Waals surface area contributed by atoms with Crippen LogP contribution in [0, 0.1) is 11.8 Å². The van der Waals surface area contributed by atoms with Gasteiger partial charge in [-0.15, -0.1) is 0 Å². The van der Waals surface area contributed by atoms with Gasteiger partial charge in [0.05, 0.1) is 6.61 Å². The van der Waals surface area contributed by atoms with Crippen LogP contribution in [0.2, 0.25) is 0 Å². The highest BCUT2D eigenvalue weighted by atomic mass is 16.6. The fraction of sp³-hybridized carbons (Fsp3) is 0.500. The predicted molar refractivity (Wildman–Crippen MR) is 78.9 cm³/mol. The number of aliphatic hydroxyl groups is 1. The molecule has 3 rings (SSSR count). The Morgan fingerprint density at radius 1 is 1.23 bits per heavy atom. The minimum Gasteiger partial charge on any atom is -0.446 e. The molecular formula is C16H20N2O4. The van der Waals surface area contributed by atoms with Gasteiger partial charge in [-0.3, -0.25) is 4.79 Å². The van der Waals surface area contributed by atoms with Gasteiger partial charge in [-0.2, -0.15) is 0 Å². The minimum absolute atomic E-state index is 0.0169. The molecule has 3 N–H and O–H groups in total. The van der Waals surface area contributed by atoms with E-state index < -0.39 is 6.09 Å². The Kier molecular flexibility index (Phi) is 4.02. The number of likely N-dealkylation sites (tertiary alicyclic amines) is 1. The van der Waals surface area contributed by atoms with Crippen LogP contribution in [0.5, 0.6) is 0 Å². The average Bonchev–Trinajstić information content (AvgIpc) is 3.08. The summed E-state index contributed by atoms with van der Waals surface area (Å²) in [5.74, 6) is 0.551. The lowest BCUT2D eigenvalue weighted by molar-refractivity contribution is 0.0695. The monoisotopic (exact) mass is 304 g/mol. The third-order valence-electron chi connectivity index (χ3n) is 4.73. The zero-order valence-electron chi connectivity index (χ0n) is 12.3. The van der Waals surface area contributed by atoms with Gasteiger partial charge in [0.1, 0.15) is 6.10 Å². The van der Waals surface area contributed by atoms with Crippen LogP contribution < -0.4 is 5.73 Å². The number of primary amides is 1. The van der Waals surface area contributed by atoms with Crippen LogP contribution in [0.1, 0.15) is 28.8 Å². The maximum Gasteiger partial charge on any atom is 0.404 e. The number of nitrogens with zero attached hydrogens (tertiary/aromatic N) is 1. The summed E-state index contributed by atoms with van der Waals surface area (Å²) in [6.07, 6.45) is 0.869. The molecule has 1 aromatic carbocycles. The minimum atomic E-state index is -0.741. The van der Waals surface area contributed by atoms with E-state index in [0.29, 0.717) is 24.6 Å². The zero-order chi connectivity index (χ0) is 15.7. The van der Waals surface area contributed by atoms with Crippen LogP contribution in [0.4, 0.5) is 4.79 Å². The van der Waals surface area contributed by atoms with Crippen molar-refractivity contribution in [2.24, 2.45) is 17.6 Å². The Labute approximate surface area is 128 Å². The third-order valence-corrected chi connectivity index (χ3v) is 4.73. The van der Waals surface area contributed by atoms with E-state index in [2.05, 4.69) is 0 Å². The second kappa shape index (κ2) is 5.96. The molecule has 3 unspecified atom stereocenters. The normalized spacial score (nSPS) is 26.8. The molecule has 1 saturated heterocycles. The van der Waals surface area contributed by atoms with E-state index in [1.54, 1.807) is 24.3 Å². The van der Waals surface area contributed by atoms with Crippen molar-refractivity contribution in [3.63, 3.8) is 0 Å². The number of fused-ring (bicyclic) bond motifs is 1. The number of nitrogens with two attached hydrogens (primary N) is 1. The van der Waals surface area contributed by atoms with Gasteiger partial charge in [0.25, 0.3) is 5.91 Å². The molecule has 118 valence electrons. The third kappa shape index (κ3) is 2.78. The quantitative estimate of drug-likeness (QED) is 0.875. The van der Waals surface area contributed by atoms with Crippen molar-refractivity contribution >= 4 is 12.0 Å². The molecule has 2 fully saturated rings. The molecule has 1 heterocycles. The number of carbonyl (C=O) groups is 2. The summed E-state index contributed by atoms with van der Waals surface area (Å²) < 4.78 is 5.16. The fourth-order valence-electron chi connectivity index (χ4n) is 3.61. The Morgan fingerprint density at radius 2 is 1.95 bits per heavy atom. The van der Waals surface area contributed by atoms with E-state index in [9.17, 15) is 9.59 Å². The molecule has 0 spiro atoms. The summed E-state index contributed by atoms with van der Waals surface area (Å²) in [7, 11) is 0. The van der Waals surface area contributed by atoms with Crippen molar-refractivity contribution in [1.29, 1.82) is 0 Å². The van der Waals surface area contributed by atoms with Gasteiger partial charge in [-0.1, -0.05) is 12.1 Å². The maximum atomic E-state index is 12.5. The lowest BCUT2D eigenvalue weighted by atomic mass is 9.99. The van der Waals surface area contributed by atoms with E-state index in [1.165, 1.54) is 0 Å². The molecule has 1 saturated carbocycles. The van der Waals surface area contributed by atoms with Crippen molar-refractivity contribution in [3.8, 4) is 0 Å². The summed E-state index contributed by atoms with van der Waals surface area (Å²) in [5, 5.41) is 9.04. The number of rotatable bonds is 3. The van der Waals surface area contributed by atoms with Gasteiger partial charge >= 0.3 is 6.09 Å². The van der Waals surface area contributed by atoms with Gasteiger partial charge in [0, 0.05) is 24.6 Å². The Morgan fingerprint density at radius 3 is 2.59 bits per heavy atom. The summed E-state index contributed by atoms with van der Waals surface area (Å²) in [4.78, 5) is 25.3. The second-order valence-corrected chi connectivity index (χ2v) is 6.04. The molecule has 3 atom stereocenters. The van der Waals surface area contributed by atoms with Crippen LogP contribution in [0.3, 0.4) is 0 Å². The van der Waals surface area contributed by atoms with Crippen LogP contribution in [-0.2, 0) is 11.3 Å². The molecule has 0 radical (unpaired) electrons. The second-order valence-electron chi connectivity index (χ2n) is 6.04. The molecule has 2 amide bonds. The SMILES string of the molecule is NC(=O)OC1CCC2CN(C(=O)c3ccc(CO)cc3)CC21. The fourth-order valence-corrected chi connectivity index (χ4v) is 3.61. The molecule has 0 aromatic heterocycles. The van der Waals surface area contributed by atoms with E-state index in [0.717, 1.165) is 18.4 Å². The van der Waals surface area contributed by atoms with Crippen molar-refractivity contribution < 1.29 is 19.4 Å². The molecular weight excluding hydrogens is 284 g/mol. The molecule has 2 aliphatic rings. The predicted octanol–water partition coefficient (Wildman–Crippen LogP) is 1.12. The van der Waals surface area contributed by atoms with Crippen molar-refractivity contribution in [2.45, 2.75) is 25.6 Å². The summed E-state index contributed by atoms with van der Waals surface area (Å²) in [5.41, 5.74) is 6.50. The van der Waals surface area contributed by atoms with Gasteiger partial charge in [-0.05, 0) is 36.5 Å². The van der Waals surface area contributed by atoms with Crippen molar-refractivity contribution in [1.82, 2.24) is 4.90 Å². The van der Waals surface area contributed by atoms with Gasteiger partial charge in [-0.25, -0.2) is 4.79 Å². The highest BCUT2D eigenvalue weighted by molar-refractivity contribution is 5.94. The molecule has 0 bridgehead atoms. The average molecular weight is 304 g/mol. The lowest BCUT2D eigenvalue weighted by Crippen LogP contribution is -2.33. The smallest absolute Gasteiger partial charge is 0.404 e. The maximum absolute atomic E-state index is 12.5. The van der Waals surface area contributed by atoms with Crippen molar-refractivity contribution in [3.05, 3.63) is 35.4 Å². The topological polar surface area (TPSA) is 92.9 Å². The number of ether oxygens (including phenoxy) is 1. The number of hydrogen-bond acceptors (Lipinski definition) is 4. The first kappa shape index (κ1) is 14.8. The van der Waals surface area contributed by atoms with Crippen molar-refractivity contribution in [2.75, 3.05) is 13.1 Å². The largest absolute Gasteiger partial charge is 0.446 e. The van der Waals surface area contributed by atoms with E-state index in [1.807, 2.05) is 4.90 Å². The van der Waals surface area contributed by atoms with Crippen LogP contribution in [0.25, 0.3) is 0 Å². The molecule has 6 nitrogen and oxygen atoms in total. The number of carbonyl (C=O) groups excluding carboxylic acids is 2. The van der Waals surface area contributed by atoms with Gasteiger partial charge in [0.15, 0.2) is 0 Å². The summed E-state index contributed by atoms with van der Waals surface area (Å²) >= 11 is 0. The molecule has 6 heteroatoms. The molecule has 1 aromatic rings. The first-order chi connectivity index (χ1) is 10.6. The van der Waals surface area contributed by atoms with Gasteiger partial charge in [0.2, 0.25) is 0 Å². The van der Waals surface area contributed by atoms with E-state index >= 15 is 0 Å². The Balaban J connectivity index is 1.67. The Hall–Kier alpha value is -2.08. The van der Waals surface area contributed by atoms with Crippen LogP contribution in [-0.4, -0.2) is 41.2 Å². The van der Waals surface area contributed by atoms with E-state index in [4.69, 9.17) is 15.6 Å². The van der Waals surface area contributed by atoms with Crippen LogP contribution >= 0.6 is 0 Å². The van der Waals surface area contributed by atoms with Crippen LogP contribution in [0.15, 0.2) is 24.3 Å². The molecule has 22 heavy (non-hydrogen) atoms. The first-order valence-corrected chi connectivity index (χ1v) is 7.53. The summed E-state index contributed by atoms with van der Waals surface area (Å²) in [6, 6.07) is 6.98. The zero-order valence-corrected chi connectivity index (χ0v) is 12.3. The molecule has 1 aliphatic heterocycles. The molecule has 1 aliphatic carbocycles. The first-order valence-electron chi connectivity index (χ1n) is 7.53. The number of hydrogen-bond donors (Lipinski definition) is 2. The number of benzene rings is 1.